The number of rotatable bonds is 3. The molecule has 3 saturated heterocycles. The normalized spacial score (nSPS) is 36.5. The zero-order valence-electron chi connectivity index (χ0n) is 15.7. The Morgan fingerprint density at radius 3 is 2.28 bits per heavy atom. The molecule has 0 spiro atoms. The molecule has 0 aromatic rings. The van der Waals surface area contributed by atoms with Gasteiger partial charge in [0, 0.05) is 31.6 Å². The van der Waals surface area contributed by atoms with Crippen molar-refractivity contribution in [1.82, 2.24) is 14.7 Å². The lowest BCUT2D eigenvalue weighted by Gasteiger charge is -2.37. The van der Waals surface area contributed by atoms with E-state index in [0.717, 1.165) is 51.7 Å². The number of piperidine rings is 2. The fraction of sp³-hybridized carbons (Fsp3) is 0.900. The molecule has 5 heteroatoms. The van der Waals surface area contributed by atoms with Crippen molar-refractivity contribution < 1.29 is 9.59 Å². The monoisotopic (exact) mass is 347 g/mol. The van der Waals surface area contributed by atoms with Crippen LogP contribution in [0.25, 0.3) is 0 Å². The number of hydrogen-bond acceptors (Lipinski definition) is 3. The van der Waals surface area contributed by atoms with E-state index < -0.39 is 0 Å². The summed E-state index contributed by atoms with van der Waals surface area (Å²) in [7, 11) is 0. The van der Waals surface area contributed by atoms with Crippen LogP contribution < -0.4 is 0 Å². The van der Waals surface area contributed by atoms with Crippen LogP contribution in [0.4, 0.5) is 0 Å². The Kier molecular flexibility index (Phi) is 5.03. The van der Waals surface area contributed by atoms with Crippen LogP contribution in [0.5, 0.6) is 0 Å². The lowest BCUT2D eigenvalue weighted by atomic mass is 10.00. The van der Waals surface area contributed by atoms with E-state index in [1.807, 2.05) is 4.90 Å². The highest BCUT2D eigenvalue weighted by Gasteiger charge is 2.46. The van der Waals surface area contributed by atoms with E-state index in [4.69, 9.17) is 0 Å². The molecule has 0 aromatic heterocycles. The lowest BCUT2D eigenvalue weighted by molar-refractivity contribution is -0.148. The minimum atomic E-state index is -0.186. The molecule has 140 valence electrons. The predicted octanol–water partition coefficient (Wildman–Crippen LogP) is 2.11. The molecule has 0 aromatic carbocycles. The van der Waals surface area contributed by atoms with Gasteiger partial charge in [0.15, 0.2) is 0 Å². The molecule has 1 saturated carbocycles. The largest absolute Gasteiger partial charge is 0.339 e. The smallest absolute Gasteiger partial charge is 0.245 e. The van der Waals surface area contributed by atoms with E-state index >= 15 is 0 Å². The third-order valence-electron chi connectivity index (χ3n) is 6.88. The van der Waals surface area contributed by atoms with Gasteiger partial charge in [-0.25, -0.2) is 0 Å². The summed E-state index contributed by atoms with van der Waals surface area (Å²) in [4.78, 5) is 32.5. The Morgan fingerprint density at radius 2 is 1.56 bits per heavy atom. The summed E-state index contributed by atoms with van der Waals surface area (Å²) in [6.07, 6.45) is 9.05. The molecule has 25 heavy (non-hydrogen) atoms. The van der Waals surface area contributed by atoms with Gasteiger partial charge in [-0.2, -0.15) is 0 Å². The Hall–Kier alpha value is -1.10. The average molecular weight is 348 g/mol. The standard InChI is InChI=1S/C20H33N3O2/c1-15-13-17(15)19(24)23-11-6-3-7-18(23)20(25)22-12-8-16(14-22)21-9-4-2-5-10-21/h15-18H,2-14H2,1H3/t15-,16+,17+,18-/m1/s1. The van der Waals surface area contributed by atoms with Gasteiger partial charge in [0.25, 0.3) is 0 Å². The van der Waals surface area contributed by atoms with E-state index in [1.54, 1.807) is 0 Å². The first-order valence-electron chi connectivity index (χ1n) is 10.5. The number of likely N-dealkylation sites (tertiary alicyclic amines) is 3. The zero-order chi connectivity index (χ0) is 17.4. The van der Waals surface area contributed by atoms with E-state index in [2.05, 4.69) is 16.7 Å². The summed E-state index contributed by atoms with van der Waals surface area (Å²) in [5, 5.41) is 0. The summed E-state index contributed by atoms with van der Waals surface area (Å²) >= 11 is 0. The molecule has 2 amide bonds. The van der Waals surface area contributed by atoms with Gasteiger partial charge in [-0.05, 0) is 64.0 Å². The number of carbonyl (C=O) groups is 2. The van der Waals surface area contributed by atoms with E-state index in [1.165, 1.54) is 32.4 Å². The maximum Gasteiger partial charge on any atom is 0.245 e. The van der Waals surface area contributed by atoms with Crippen LogP contribution in [-0.2, 0) is 9.59 Å². The fourth-order valence-corrected chi connectivity index (χ4v) is 5.07. The van der Waals surface area contributed by atoms with E-state index in [9.17, 15) is 9.59 Å². The molecule has 5 nitrogen and oxygen atoms in total. The van der Waals surface area contributed by atoms with Crippen molar-refractivity contribution in [2.24, 2.45) is 11.8 Å². The van der Waals surface area contributed by atoms with Crippen LogP contribution >= 0.6 is 0 Å². The topological polar surface area (TPSA) is 43.9 Å². The SMILES string of the molecule is C[C@@H]1C[C@@H]1C(=O)N1CCCC[C@@H]1C(=O)N1CC[C@H](N2CCCCC2)C1. The van der Waals surface area contributed by atoms with Crippen molar-refractivity contribution in [3.63, 3.8) is 0 Å². The van der Waals surface area contributed by atoms with Crippen LogP contribution in [-0.4, -0.2) is 71.3 Å². The van der Waals surface area contributed by atoms with Gasteiger partial charge in [0.05, 0.1) is 0 Å². The van der Waals surface area contributed by atoms with Crippen LogP contribution in [0.3, 0.4) is 0 Å². The second-order valence-electron chi connectivity index (χ2n) is 8.69. The predicted molar refractivity (Wildman–Crippen MR) is 97.0 cm³/mol. The first-order valence-corrected chi connectivity index (χ1v) is 10.5. The summed E-state index contributed by atoms with van der Waals surface area (Å²) in [6, 6.07) is 0.356. The molecule has 3 heterocycles. The van der Waals surface area contributed by atoms with Crippen LogP contribution in [0.1, 0.15) is 58.3 Å². The summed E-state index contributed by atoms with van der Waals surface area (Å²) in [6.45, 7) is 7.06. The molecular weight excluding hydrogens is 314 g/mol. The Morgan fingerprint density at radius 1 is 0.840 bits per heavy atom. The third kappa shape index (κ3) is 3.57. The number of hydrogen-bond donors (Lipinski definition) is 0. The second kappa shape index (κ2) is 7.26. The Labute approximate surface area is 151 Å². The van der Waals surface area contributed by atoms with Gasteiger partial charge in [-0.15, -0.1) is 0 Å². The van der Waals surface area contributed by atoms with Gasteiger partial charge in [0.1, 0.15) is 6.04 Å². The summed E-state index contributed by atoms with van der Waals surface area (Å²) < 4.78 is 0. The van der Waals surface area contributed by atoms with Gasteiger partial charge < -0.3 is 9.80 Å². The van der Waals surface area contributed by atoms with Crippen molar-refractivity contribution in [3.05, 3.63) is 0 Å². The average Bonchev–Trinajstić information content (AvgIpc) is 3.19. The molecule has 0 bridgehead atoms. The molecule has 4 aliphatic rings. The van der Waals surface area contributed by atoms with Crippen LogP contribution in [0.2, 0.25) is 0 Å². The quantitative estimate of drug-likeness (QED) is 0.785. The molecule has 1 aliphatic carbocycles. The van der Waals surface area contributed by atoms with Gasteiger partial charge >= 0.3 is 0 Å². The maximum atomic E-state index is 13.2. The molecule has 0 N–H and O–H groups in total. The highest BCUT2D eigenvalue weighted by atomic mass is 16.2. The molecule has 4 atom stereocenters. The van der Waals surface area contributed by atoms with Gasteiger partial charge in [-0.1, -0.05) is 13.3 Å². The number of nitrogens with zero attached hydrogens (tertiary/aromatic N) is 3. The number of amides is 2. The molecule has 4 fully saturated rings. The minimum Gasteiger partial charge on any atom is -0.339 e. The van der Waals surface area contributed by atoms with Crippen molar-refractivity contribution in [1.29, 1.82) is 0 Å². The van der Waals surface area contributed by atoms with Gasteiger partial charge in [0.2, 0.25) is 11.8 Å². The van der Waals surface area contributed by atoms with Crippen molar-refractivity contribution in [2.75, 3.05) is 32.7 Å². The zero-order valence-corrected chi connectivity index (χ0v) is 15.7. The Balaban J connectivity index is 1.38. The molecule has 0 radical (unpaired) electrons. The van der Waals surface area contributed by atoms with Crippen molar-refractivity contribution in [3.8, 4) is 0 Å². The van der Waals surface area contributed by atoms with E-state index in [-0.39, 0.29) is 23.8 Å². The molecule has 4 rings (SSSR count). The highest BCUT2D eigenvalue weighted by molar-refractivity contribution is 5.90. The maximum absolute atomic E-state index is 13.2. The first-order chi connectivity index (χ1) is 12.1. The third-order valence-corrected chi connectivity index (χ3v) is 6.88. The van der Waals surface area contributed by atoms with Crippen LogP contribution in [0.15, 0.2) is 0 Å². The second-order valence-corrected chi connectivity index (χ2v) is 8.69. The summed E-state index contributed by atoms with van der Waals surface area (Å²) in [5.41, 5.74) is 0. The summed E-state index contributed by atoms with van der Waals surface area (Å²) in [5.74, 6) is 1.17. The number of carbonyl (C=O) groups excluding carboxylic acids is 2. The first kappa shape index (κ1) is 17.3. The van der Waals surface area contributed by atoms with Crippen molar-refractivity contribution in [2.45, 2.75) is 70.4 Å². The molecule has 0 unspecified atom stereocenters. The lowest BCUT2D eigenvalue weighted by Crippen LogP contribution is -2.53. The Bertz CT molecular complexity index is 517. The van der Waals surface area contributed by atoms with Gasteiger partial charge in [-0.3, -0.25) is 14.5 Å². The van der Waals surface area contributed by atoms with Crippen molar-refractivity contribution >= 4 is 11.8 Å². The fourth-order valence-electron chi connectivity index (χ4n) is 5.07. The minimum absolute atomic E-state index is 0.186. The molecular formula is C20H33N3O2. The van der Waals surface area contributed by atoms with Crippen LogP contribution in [0, 0.1) is 11.8 Å². The van der Waals surface area contributed by atoms with E-state index in [0.29, 0.717) is 12.0 Å². The highest BCUT2D eigenvalue weighted by Crippen LogP contribution is 2.40. The molecule has 3 aliphatic heterocycles.